The number of ether oxygens (including phenoxy) is 1. The minimum atomic E-state index is -4.47. The van der Waals surface area contributed by atoms with Crippen molar-refractivity contribution in [2.45, 2.75) is 26.1 Å². The molecular formula is C18H22F3N3O. The molecule has 1 fully saturated rings. The summed E-state index contributed by atoms with van der Waals surface area (Å²) in [5, 5.41) is 3.66. The van der Waals surface area contributed by atoms with E-state index in [-0.39, 0.29) is 11.6 Å². The Labute approximate surface area is 145 Å². The average molecular weight is 353 g/mol. The fourth-order valence-corrected chi connectivity index (χ4v) is 3.26. The molecule has 3 rings (SSSR count). The molecular weight excluding hydrogens is 331 g/mol. The lowest BCUT2D eigenvalue weighted by Gasteiger charge is -2.32. The van der Waals surface area contributed by atoms with Gasteiger partial charge in [-0.05, 0) is 25.0 Å². The van der Waals surface area contributed by atoms with Crippen LogP contribution in [0.5, 0.6) is 0 Å². The number of hydrogen-bond acceptors (Lipinski definition) is 3. The Morgan fingerprint density at radius 1 is 1.12 bits per heavy atom. The Hall–Kier alpha value is -1.86. The maximum atomic E-state index is 13.3. The number of benzene rings is 1. The quantitative estimate of drug-likeness (QED) is 0.841. The molecule has 0 radical (unpaired) electrons. The van der Waals surface area contributed by atoms with Gasteiger partial charge in [0.05, 0.1) is 13.2 Å². The summed E-state index contributed by atoms with van der Waals surface area (Å²) in [7, 11) is 1.53. The Kier molecular flexibility index (Phi) is 4.88. The summed E-state index contributed by atoms with van der Waals surface area (Å²) < 4.78 is 46.5. The summed E-state index contributed by atoms with van der Waals surface area (Å²) in [5.74, 6) is 0. The van der Waals surface area contributed by atoms with Gasteiger partial charge >= 0.3 is 6.18 Å². The minimum Gasteiger partial charge on any atom is -0.379 e. The number of alkyl halides is 3. The second-order valence-electron chi connectivity index (χ2n) is 6.38. The van der Waals surface area contributed by atoms with E-state index in [0.717, 1.165) is 18.7 Å². The lowest BCUT2D eigenvalue weighted by atomic mass is 9.99. The molecule has 4 nitrogen and oxygen atoms in total. The predicted molar refractivity (Wildman–Crippen MR) is 89.2 cm³/mol. The number of aryl methyl sites for hydroxylation is 1. The van der Waals surface area contributed by atoms with E-state index in [4.69, 9.17) is 4.74 Å². The van der Waals surface area contributed by atoms with Gasteiger partial charge in [0.2, 0.25) is 0 Å². The summed E-state index contributed by atoms with van der Waals surface area (Å²) >= 11 is 0. The Bertz CT molecular complexity index is 731. The van der Waals surface area contributed by atoms with Gasteiger partial charge in [0.25, 0.3) is 0 Å². The largest absolute Gasteiger partial charge is 0.435 e. The van der Waals surface area contributed by atoms with Gasteiger partial charge in [-0.2, -0.15) is 18.3 Å². The van der Waals surface area contributed by atoms with Crippen LogP contribution in [-0.4, -0.2) is 41.0 Å². The Morgan fingerprint density at radius 3 is 2.28 bits per heavy atom. The van der Waals surface area contributed by atoms with Crippen molar-refractivity contribution < 1.29 is 17.9 Å². The number of hydrogen-bond donors (Lipinski definition) is 0. The maximum Gasteiger partial charge on any atom is 0.435 e. The normalized spacial score (nSPS) is 17.7. The second kappa shape index (κ2) is 6.80. The standard InChI is InChI=1S/C18H22F3N3O/c1-12(24-8-10-25-11-9-24)14-4-6-15(7-5-14)16-13(2)23(3)22-17(16)18(19,20)21/h4-7,12H,8-11H2,1-3H3. The second-order valence-corrected chi connectivity index (χ2v) is 6.38. The third-order valence-electron chi connectivity index (χ3n) is 4.88. The predicted octanol–water partition coefficient (Wildman–Crippen LogP) is 3.81. The minimum absolute atomic E-state index is 0.153. The first-order valence-corrected chi connectivity index (χ1v) is 8.32. The molecule has 0 amide bonds. The number of rotatable bonds is 3. The van der Waals surface area contributed by atoms with E-state index in [9.17, 15) is 13.2 Å². The Morgan fingerprint density at radius 2 is 1.72 bits per heavy atom. The van der Waals surface area contributed by atoms with Crippen LogP contribution >= 0.6 is 0 Å². The highest BCUT2D eigenvalue weighted by Gasteiger charge is 2.38. The van der Waals surface area contributed by atoms with Crippen LogP contribution in [0.3, 0.4) is 0 Å². The number of aromatic nitrogens is 2. The van der Waals surface area contributed by atoms with Crippen LogP contribution in [0.25, 0.3) is 11.1 Å². The SMILES string of the molecule is Cc1c(-c2ccc(C(C)N3CCOCC3)cc2)c(C(F)(F)F)nn1C. The molecule has 1 atom stereocenters. The van der Waals surface area contributed by atoms with E-state index in [1.165, 1.54) is 11.7 Å². The van der Waals surface area contributed by atoms with Gasteiger partial charge in [-0.25, -0.2) is 0 Å². The molecule has 0 spiro atoms. The maximum absolute atomic E-state index is 13.3. The van der Waals surface area contributed by atoms with Gasteiger partial charge in [0, 0.05) is 37.4 Å². The number of halogens is 3. The van der Waals surface area contributed by atoms with Gasteiger partial charge in [-0.15, -0.1) is 0 Å². The Balaban J connectivity index is 1.90. The van der Waals surface area contributed by atoms with Crippen LogP contribution < -0.4 is 0 Å². The number of morpholine rings is 1. The zero-order valence-electron chi connectivity index (χ0n) is 14.6. The molecule has 1 aliphatic heterocycles. The van der Waals surface area contributed by atoms with E-state index in [1.54, 1.807) is 19.1 Å². The van der Waals surface area contributed by atoms with Gasteiger partial charge in [0.15, 0.2) is 5.69 Å². The molecule has 0 N–H and O–H groups in total. The smallest absolute Gasteiger partial charge is 0.379 e. The summed E-state index contributed by atoms with van der Waals surface area (Å²) in [6.45, 7) is 6.92. The van der Waals surface area contributed by atoms with Crippen LogP contribution in [-0.2, 0) is 18.0 Å². The molecule has 1 aromatic carbocycles. The molecule has 136 valence electrons. The highest BCUT2D eigenvalue weighted by molar-refractivity contribution is 5.69. The van der Waals surface area contributed by atoms with Crippen molar-refractivity contribution in [3.63, 3.8) is 0 Å². The van der Waals surface area contributed by atoms with Crippen molar-refractivity contribution in [3.05, 3.63) is 41.2 Å². The van der Waals surface area contributed by atoms with E-state index in [2.05, 4.69) is 16.9 Å². The molecule has 2 aromatic rings. The zero-order valence-corrected chi connectivity index (χ0v) is 14.6. The van der Waals surface area contributed by atoms with E-state index >= 15 is 0 Å². The molecule has 1 unspecified atom stereocenters. The summed E-state index contributed by atoms with van der Waals surface area (Å²) in [5.41, 5.74) is 1.44. The van der Waals surface area contributed by atoms with Crippen LogP contribution in [0.15, 0.2) is 24.3 Å². The molecule has 2 heterocycles. The van der Waals surface area contributed by atoms with Crippen LogP contribution in [0.1, 0.15) is 29.9 Å². The molecule has 1 aromatic heterocycles. The fourth-order valence-electron chi connectivity index (χ4n) is 3.26. The van der Waals surface area contributed by atoms with E-state index in [0.29, 0.717) is 24.5 Å². The lowest BCUT2D eigenvalue weighted by molar-refractivity contribution is -0.140. The summed E-state index contributed by atoms with van der Waals surface area (Å²) in [6, 6.07) is 7.52. The first-order valence-electron chi connectivity index (χ1n) is 8.32. The molecule has 1 aliphatic rings. The van der Waals surface area contributed by atoms with E-state index < -0.39 is 11.9 Å². The third kappa shape index (κ3) is 3.57. The van der Waals surface area contributed by atoms with Crippen molar-refractivity contribution in [2.24, 2.45) is 7.05 Å². The molecule has 25 heavy (non-hydrogen) atoms. The lowest BCUT2D eigenvalue weighted by Crippen LogP contribution is -2.37. The topological polar surface area (TPSA) is 30.3 Å². The first kappa shape index (κ1) is 17.9. The van der Waals surface area contributed by atoms with E-state index in [1.807, 2.05) is 12.1 Å². The van der Waals surface area contributed by atoms with Gasteiger partial charge < -0.3 is 4.74 Å². The van der Waals surface area contributed by atoms with Crippen LogP contribution in [0.4, 0.5) is 13.2 Å². The molecule has 1 saturated heterocycles. The zero-order chi connectivity index (χ0) is 18.2. The highest BCUT2D eigenvalue weighted by Crippen LogP contribution is 2.38. The van der Waals surface area contributed by atoms with Crippen molar-refractivity contribution in [2.75, 3.05) is 26.3 Å². The number of nitrogens with zero attached hydrogens (tertiary/aromatic N) is 3. The average Bonchev–Trinajstić information content (AvgIpc) is 2.91. The summed E-state index contributed by atoms with van der Waals surface area (Å²) in [6.07, 6.45) is -4.47. The molecule has 7 heteroatoms. The van der Waals surface area contributed by atoms with Crippen molar-refractivity contribution in [1.29, 1.82) is 0 Å². The monoisotopic (exact) mass is 353 g/mol. The van der Waals surface area contributed by atoms with Gasteiger partial charge in [0.1, 0.15) is 0 Å². The summed E-state index contributed by atoms with van der Waals surface area (Å²) in [4.78, 5) is 2.31. The third-order valence-corrected chi connectivity index (χ3v) is 4.88. The van der Waals surface area contributed by atoms with Crippen LogP contribution in [0, 0.1) is 6.92 Å². The van der Waals surface area contributed by atoms with Gasteiger partial charge in [-0.3, -0.25) is 9.58 Å². The highest BCUT2D eigenvalue weighted by atomic mass is 19.4. The molecule has 0 aliphatic carbocycles. The van der Waals surface area contributed by atoms with Crippen LogP contribution in [0.2, 0.25) is 0 Å². The van der Waals surface area contributed by atoms with Crippen molar-refractivity contribution in [3.8, 4) is 11.1 Å². The van der Waals surface area contributed by atoms with Crippen molar-refractivity contribution >= 4 is 0 Å². The molecule has 0 saturated carbocycles. The van der Waals surface area contributed by atoms with Gasteiger partial charge in [-0.1, -0.05) is 24.3 Å². The first-order chi connectivity index (χ1) is 11.8. The van der Waals surface area contributed by atoms with Crippen molar-refractivity contribution in [1.82, 2.24) is 14.7 Å². The fraction of sp³-hybridized carbons (Fsp3) is 0.500. The molecule has 0 bridgehead atoms.